The van der Waals surface area contributed by atoms with Gasteiger partial charge in [-0.05, 0) is 61.6 Å². The minimum Gasteiger partial charge on any atom is -0.353 e. The number of piperazine rings is 1. The highest BCUT2D eigenvalue weighted by Gasteiger charge is 2.49. The lowest BCUT2D eigenvalue weighted by Crippen LogP contribution is -2.54. The lowest BCUT2D eigenvalue weighted by atomic mass is 9.74. The fourth-order valence-corrected chi connectivity index (χ4v) is 5.99. The number of hydrogen-bond acceptors (Lipinski definition) is 5. The number of hydrogen-bond donors (Lipinski definition) is 1. The van der Waals surface area contributed by atoms with Crippen molar-refractivity contribution in [3.05, 3.63) is 72.4 Å². The molecule has 1 N–H and O–H groups in total. The van der Waals surface area contributed by atoms with Crippen molar-refractivity contribution >= 4 is 11.7 Å². The number of alkyl halides is 3. The van der Waals surface area contributed by atoms with Crippen molar-refractivity contribution in [3.8, 4) is 5.69 Å². The monoisotopic (exact) mass is 540 g/mol. The molecule has 5 rings (SSSR count). The first-order chi connectivity index (χ1) is 18.7. The number of nitrogens with zero attached hydrogens (tertiary/aromatic N) is 5. The molecule has 1 aliphatic heterocycles. The van der Waals surface area contributed by atoms with Gasteiger partial charge in [-0.15, -0.1) is 0 Å². The lowest BCUT2D eigenvalue weighted by Gasteiger charge is -2.42. The summed E-state index contributed by atoms with van der Waals surface area (Å²) < 4.78 is 41.6. The Morgan fingerprint density at radius 3 is 2.62 bits per heavy atom. The van der Waals surface area contributed by atoms with Crippen molar-refractivity contribution in [1.82, 2.24) is 24.8 Å². The van der Waals surface area contributed by atoms with Gasteiger partial charge < -0.3 is 19.7 Å². The average molecular weight is 541 g/mol. The van der Waals surface area contributed by atoms with Gasteiger partial charge in [0, 0.05) is 63.1 Å². The number of nitrogens with one attached hydrogen (secondary N) is 1. The second-order valence-corrected chi connectivity index (χ2v) is 10.9. The van der Waals surface area contributed by atoms with Crippen LogP contribution in [-0.4, -0.2) is 57.6 Å². The summed E-state index contributed by atoms with van der Waals surface area (Å²) >= 11 is 0. The number of aromatic nitrogens is 3. The molecule has 10 heteroatoms. The molecule has 4 heterocycles. The lowest BCUT2D eigenvalue weighted by molar-refractivity contribution is -0.145. The van der Waals surface area contributed by atoms with E-state index in [0.29, 0.717) is 38.5 Å². The fourth-order valence-electron chi connectivity index (χ4n) is 5.99. The zero-order valence-corrected chi connectivity index (χ0v) is 22.4. The highest BCUT2D eigenvalue weighted by Crippen LogP contribution is 2.46. The zero-order valence-electron chi connectivity index (χ0n) is 22.4. The Morgan fingerprint density at radius 2 is 1.92 bits per heavy atom. The molecule has 1 amide bonds. The van der Waals surface area contributed by atoms with Gasteiger partial charge in [0.2, 0.25) is 5.91 Å². The summed E-state index contributed by atoms with van der Waals surface area (Å²) in [6.45, 7) is 6.80. The number of halogens is 3. The normalized spacial score (nSPS) is 22.1. The van der Waals surface area contributed by atoms with Gasteiger partial charge in [-0.3, -0.25) is 9.78 Å². The molecule has 39 heavy (non-hydrogen) atoms. The van der Waals surface area contributed by atoms with Crippen LogP contribution in [0.5, 0.6) is 0 Å². The van der Waals surface area contributed by atoms with Crippen LogP contribution in [-0.2, 0) is 17.5 Å². The van der Waals surface area contributed by atoms with E-state index in [0.717, 1.165) is 42.8 Å². The van der Waals surface area contributed by atoms with Crippen LogP contribution in [0.3, 0.4) is 0 Å². The molecule has 0 aromatic carbocycles. The molecule has 1 aliphatic carbocycles. The van der Waals surface area contributed by atoms with Gasteiger partial charge in [0.25, 0.3) is 0 Å². The van der Waals surface area contributed by atoms with E-state index in [4.69, 9.17) is 0 Å². The van der Waals surface area contributed by atoms with E-state index in [-0.39, 0.29) is 17.9 Å². The summed E-state index contributed by atoms with van der Waals surface area (Å²) in [4.78, 5) is 26.0. The van der Waals surface area contributed by atoms with E-state index in [1.807, 2.05) is 40.4 Å². The van der Waals surface area contributed by atoms with Gasteiger partial charge >= 0.3 is 6.18 Å². The van der Waals surface area contributed by atoms with Gasteiger partial charge in [-0.25, -0.2) is 4.98 Å². The SMILES string of the molecule is CC(C)[C@]1(C(=O)N2CCN(c3cc(C(F)(F)F)ccn3)CC2)CC[C@@H](NCc2cccn2-c2cccnc2)C1. The average Bonchev–Trinajstić information content (AvgIpc) is 3.60. The highest BCUT2D eigenvalue weighted by atomic mass is 19.4. The van der Waals surface area contributed by atoms with Crippen molar-refractivity contribution < 1.29 is 18.0 Å². The first-order valence-electron chi connectivity index (χ1n) is 13.5. The predicted molar refractivity (Wildman–Crippen MR) is 143 cm³/mol. The molecule has 7 nitrogen and oxygen atoms in total. The second-order valence-electron chi connectivity index (χ2n) is 10.9. The third kappa shape index (κ3) is 5.66. The van der Waals surface area contributed by atoms with Crippen molar-refractivity contribution in [3.63, 3.8) is 0 Å². The molecule has 0 spiro atoms. The van der Waals surface area contributed by atoms with Crippen LogP contribution >= 0.6 is 0 Å². The Kier molecular flexibility index (Phi) is 7.66. The van der Waals surface area contributed by atoms with Crippen LogP contribution in [0.4, 0.5) is 19.0 Å². The van der Waals surface area contributed by atoms with Crippen LogP contribution in [0.2, 0.25) is 0 Å². The molecular weight excluding hydrogens is 505 g/mol. The Hall–Kier alpha value is -3.40. The van der Waals surface area contributed by atoms with E-state index in [9.17, 15) is 18.0 Å². The standard InChI is InChI=1S/C29H35F3N6O/c1-21(2)28(9-7-23(18-28)35-20-25-6-4-12-38(25)24-5-3-10-33-19-24)27(39)37-15-13-36(14-16-37)26-17-22(8-11-34-26)29(30,31)32/h3-6,8,10-12,17,19,21,23,35H,7,9,13-16,18,20H2,1-2H3/t23-,28+/m1/s1. The summed E-state index contributed by atoms with van der Waals surface area (Å²) in [6, 6.07) is 10.4. The van der Waals surface area contributed by atoms with Crippen molar-refractivity contribution in [2.45, 2.75) is 51.9 Å². The molecule has 1 saturated heterocycles. The molecule has 0 unspecified atom stereocenters. The first-order valence-corrected chi connectivity index (χ1v) is 13.5. The molecular formula is C29H35F3N6O. The highest BCUT2D eigenvalue weighted by molar-refractivity contribution is 5.84. The summed E-state index contributed by atoms with van der Waals surface area (Å²) in [7, 11) is 0. The fraction of sp³-hybridized carbons (Fsp3) is 0.483. The van der Waals surface area contributed by atoms with Crippen LogP contribution in [0.15, 0.2) is 61.2 Å². The number of pyridine rings is 2. The van der Waals surface area contributed by atoms with E-state index in [1.54, 1.807) is 6.20 Å². The molecule has 3 aromatic heterocycles. The zero-order chi connectivity index (χ0) is 27.6. The minimum atomic E-state index is -4.41. The van der Waals surface area contributed by atoms with Crippen LogP contribution < -0.4 is 10.2 Å². The maximum Gasteiger partial charge on any atom is 0.416 e. The summed E-state index contributed by atoms with van der Waals surface area (Å²) in [5.74, 6) is 0.646. The van der Waals surface area contributed by atoms with E-state index < -0.39 is 17.2 Å². The molecule has 2 aliphatic rings. The maximum absolute atomic E-state index is 13.9. The van der Waals surface area contributed by atoms with Crippen LogP contribution in [0, 0.1) is 11.3 Å². The van der Waals surface area contributed by atoms with Gasteiger partial charge in [0.1, 0.15) is 5.82 Å². The Labute approximate surface area is 227 Å². The molecule has 208 valence electrons. The smallest absolute Gasteiger partial charge is 0.353 e. The van der Waals surface area contributed by atoms with E-state index in [2.05, 4.69) is 39.8 Å². The topological polar surface area (TPSA) is 66.3 Å². The second kappa shape index (κ2) is 11.0. The quantitative estimate of drug-likeness (QED) is 0.461. The van der Waals surface area contributed by atoms with Gasteiger partial charge in [0.15, 0.2) is 0 Å². The van der Waals surface area contributed by atoms with Crippen LogP contribution in [0.25, 0.3) is 5.69 Å². The molecule has 3 aromatic rings. The molecule has 2 atom stereocenters. The number of amides is 1. The van der Waals surface area contributed by atoms with Crippen LogP contribution in [0.1, 0.15) is 44.4 Å². The number of anilines is 1. The van der Waals surface area contributed by atoms with Crippen molar-refractivity contribution in [1.29, 1.82) is 0 Å². The third-order valence-electron chi connectivity index (χ3n) is 8.37. The first kappa shape index (κ1) is 27.2. The summed E-state index contributed by atoms with van der Waals surface area (Å²) in [5.41, 5.74) is 0.995. The summed E-state index contributed by atoms with van der Waals surface area (Å²) in [6.07, 6.45) is 4.92. The molecule has 1 saturated carbocycles. The minimum absolute atomic E-state index is 0.164. The third-order valence-corrected chi connectivity index (χ3v) is 8.37. The number of carbonyl (C=O) groups is 1. The predicted octanol–water partition coefficient (Wildman–Crippen LogP) is 4.92. The largest absolute Gasteiger partial charge is 0.416 e. The van der Waals surface area contributed by atoms with Gasteiger partial charge in [-0.1, -0.05) is 13.8 Å². The van der Waals surface area contributed by atoms with Crippen molar-refractivity contribution in [2.75, 3.05) is 31.1 Å². The van der Waals surface area contributed by atoms with Gasteiger partial charge in [-0.2, -0.15) is 13.2 Å². The van der Waals surface area contributed by atoms with E-state index in [1.165, 1.54) is 6.20 Å². The Bertz CT molecular complexity index is 1270. The number of rotatable bonds is 7. The Balaban J connectivity index is 1.20. The van der Waals surface area contributed by atoms with E-state index >= 15 is 0 Å². The molecule has 2 fully saturated rings. The number of carbonyl (C=O) groups excluding carboxylic acids is 1. The Morgan fingerprint density at radius 1 is 1.13 bits per heavy atom. The molecule has 0 bridgehead atoms. The molecule has 0 radical (unpaired) electrons. The van der Waals surface area contributed by atoms with Gasteiger partial charge in [0.05, 0.1) is 22.9 Å². The maximum atomic E-state index is 13.9. The van der Waals surface area contributed by atoms with Crippen molar-refractivity contribution in [2.24, 2.45) is 11.3 Å². The summed E-state index contributed by atoms with van der Waals surface area (Å²) in [5, 5.41) is 3.69.